The van der Waals surface area contributed by atoms with Gasteiger partial charge in [-0.1, -0.05) is 45.4 Å². The Morgan fingerprint density at radius 2 is 1.52 bits per heavy atom. The summed E-state index contributed by atoms with van der Waals surface area (Å²) in [6.07, 6.45) is -1.85. The molecular weight excluding hydrogens is 272 g/mol. The van der Waals surface area contributed by atoms with Crippen molar-refractivity contribution in [2.45, 2.75) is 40.9 Å². The third-order valence-corrected chi connectivity index (χ3v) is 2.68. The second-order valence-corrected chi connectivity index (χ2v) is 5.49. The van der Waals surface area contributed by atoms with Gasteiger partial charge in [0.2, 0.25) is 0 Å². The van der Waals surface area contributed by atoms with Crippen molar-refractivity contribution >= 4 is 12.1 Å². The van der Waals surface area contributed by atoms with Crippen molar-refractivity contribution in [2.75, 3.05) is 0 Å². The maximum atomic E-state index is 11.7. The van der Waals surface area contributed by atoms with E-state index in [1.807, 2.05) is 19.1 Å². The molecule has 0 aromatic heterocycles. The lowest BCUT2D eigenvalue weighted by molar-refractivity contribution is -0.180. The van der Waals surface area contributed by atoms with Crippen LogP contribution in [0.4, 0.5) is 4.79 Å². The molecule has 1 aromatic carbocycles. The van der Waals surface area contributed by atoms with E-state index in [9.17, 15) is 9.59 Å². The Balaban J connectivity index is 2.60. The summed E-state index contributed by atoms with van der Waals surface area (Å²) >= 11 is 0. The van der Waals surface area contributed by atoms with Crippen LogP contribution in [0, 0.1) is 18.8 Å². The molecular formula is C16H22O5. The molecule has 5 heteroatoms. The maximum absolute atomic E-state index is 11.7. The Bertz CT molecular complexity index is 476. The van der Waals surface area contributed by atoms with E-state index in [4.69, 9.17) is 14.2 Å². The van der Waals surface area contributed by atoms with E-state index in [-0.39, 0.29) is 11.8 Å². The molecule has 5 nitrogen and oxygen atoms in total. The highest BCUT2D eigenvalue weighted by molar-refractivity contribution is 5.72. The Morgan fingerprint density at radius 1 is 0.952 bits per heavy atom. The Morgan fingerprint density at radius 3 is 2.00 bits per heavy atom. The van der Waals surface area contributed by atoms with Crippen LogP contribution < -0.4 is 4.74 Å². The Hall–Kier alpha value is -2.04. The molecule has 0 aliphatic rings. The highest BCUT2D eigenvalue weighted by atomic mass is 16.8. The van der Waals surface area contributed by atoms with E-state index in [2.05, 4.69) is 0 Å². The van der Waals surface area contributed by atoms with Gasteiger partial charge < -0.3 is 14.2 Å². The number of ether oxygens (including phenoxy) is 3. The molecule has 0 bridgehead atoms. The van der Waals surface area contributed by atoms with Gasteiger partial charge in [-0.15, -0.1) is 0 Å². The topological polar surface area (TPSA) is 61.8 Å². The SMILES string of the molecule is Cc1ccc(OC(=O)OC(OC(=O)C(C)C)C(C)C)cc1. The molecule has 116 valence electrons. The first-order valence-corrected chi connectivity index (χ1v) is 6.95. The second-order valence-electron chi connectivity index (χ2n) is 5.49. The fraction of sp³-hybridized carbons (Fsp3) is 0.500. The minimum atomic E-state index is -0.960. The number of hydrogen-bond acceptors (Lipinski definition) is 5. The van der Waals surface area contributed by atoms with Crippen LogP contribution in [0.3, 0.4) is 0 Å². The van der Waals surface area contributed by atoms with Crippen molar-refractivity contribution in [3.05, 3.63) is 29.8 Å². The standard InChI is InChI=1S/C16H22O5/c1-10(2)14(17)20-15(11(3)4)21-16(18)19-13-8-6-12(5)7-9-13/h6-11,15H,1-5H3. The minimum Gasteiger partial charge on any atom is -0.425 e. The van der Waals surface area contributed by atoms with Crippen LogP contribution in [-0.2, 0) is 14.3 Å². The molecule has 0 saturated carbocycles. The summed E-state index contributed by atoms with van der Waals surface area (Å²) in [5.74, 6) is -0.499. The largest absolute Gasteiger partial charge is 0.516 e. The van der Waals surface area contributed by atoms with Crippen LogP contribution >= 0.6 is 0 Å². The molecule has 1 rings (SSSR count). The van der Waals surface area contributed by atoms with Gasteiger partial charge in [0.1, 0.15) is 5.75 Å². The zero-order valence-corrected chi connectivity index (χ0v) is 13.1. The average Bonchev–Trinajstić information content (AvgIpc) is 2.40. The number of benzene rings is 1. The smallest absolute Gasteiger partial charge is 0.425 e. The van der Waals surface area contributed by atoms with Crippen LogP contribution in [0.2, 0.25) is 0 Å². The molecule has 1 atom stereocenters. The first-order chi connectivity index (χ1) is 9.79. The molecule has 0 radical (unpaired) electrons. The van der Waals surface area contributed by atoms with Crippen LogP contribution in [-0.4, -0.2) is 18.4 Å². The molecule has 0 N–H and O–H groups in total. The van der Waals surface area contributed by atoms with E-state index >= 15 is 0 Å². The summed E-state index contributed by atoms with van der Waals surface area (Å²) in [7, 11) is 0. The van der Waals surface area contributed by atoms with Crippen molar-refractivity contribution in [2.24, 2.45) is 11.8 Å². The second kappa shape index (κ2) is 7.67. The maximum Gasteiger partial charge on any atom is 0.516 e. The fourth-order valence-electron chi connectivity index (χ4n) is 1.37. The van der Waals surface area contributed by atoms with Crippen molar-refractivity contribution in [3.8, 4) is 5.75 Å². The average molecular weight is 294 g/mol. The van der Waals surface area contributed by atoms with Crippen molar-refractivity contribution in [1.29, 1.82) is 0 Å². The molecule has 21 heavy (non-hydrogen) atoms. The van der Waals surface area contributed by atoms with Gasteiger partial charge in [-0.25, -0.2) is 4.79 Å². The lowest BCUT2D eigenvalue weighted by Crippen LogP contribution is -2.32. The van der Waals surface area contributed by atoms with E-state index in [1.54, 1.807) is 39.8 Å². The van der Waals surface area contributed by atoms with Gasteiger partial charge in [-0.05, 0) is 19.1 Å². The van der Waals surface area contributed by atoms with Gasteiger partial charge in [-0.2, -0.15) is 0 Å². The third kappa shape index (κ3) is 5.85. The third-order valence-electron chi connectivity index (χ3n) is 2.68. The first-order valence-electron chi connectivity index (χ1n) is 6.95. The van der Waals surface area contributed by atoms with Crippen molar-refractivity contribution < 1.29 is 23.8 Å². The molecule has 0 heterocycles. The lowest BCUT2D eigenvalue weighted by atomic mass is 10.2. The zero-order valence-electron chi connectivity index (χ0n) is 13.1. The molecule has 1 unspecified atom stereocenters. The van der Waals surface area contributed by atoms with Crippen LogP contribution in [0.25, 0.3) is 0 Å². The van der Waals surface area contributed by atoms with Crippen molar-refractivity contribution in [1.82, 2.24) is 0 Å². The van der Waals surface area contributed by atoms with E-state index in [0.29, 0.717) is 5.75 Å². The quantitative estimate of drug-likeness (QED) is 0.471. The van der Waals surface area contributed by atoms with E-state index < -0.39 is 18.4 Å². The summed E-state index contributed by atoms with van der Waals surface area (Å²) in [5, 5.41) is 0. The Kier molecular flexibility index (Phi) is 6.21. The normalized spacial score (nSPS) is 12.1. The Labute approximate surface area is 125 Å². The summed E-state index contributed by atoms with van der Waals surface area (Å²) in [4.78, 5) is 23.3. The molecule has 0 fully saturated rings. The highest BCUT2D eigenvalue weighted by Crippen LogP contribution is 2.15. The molecule has 0 aliphatic heterocycles. The van der Waals surface area contributed by atoms with Gasteiger partial charge >= 0.3 is 12.1 Å². The van der Waals surface area contributed by atoms with Gasteiger partial charge in [0, 0.05) is 5.92 Å². The molecule has 0 spiro atoms. The molecule has 0 aliphatic carbocycles. The predicted octanol–water partition coefficient (Wildman–Crippen LogP) is 3.69. The van der Waals surface area contributed by atoms with Gasteiger partial charge in [0.15, 0.2) is 0 Å². The minimum absolute atomic E-state index is 0.168. The summed E-state index contributed by atoms with van der Waals surface area (Å²) in [6, 6.07) is 6.98. The van der Waals surface area contributed by atoms with Crippen LogP contribution in [0.15, 0.2) is 24.3 Å². The number of carbonyl (C=O) groups excluding carboxylic acids is 2. The van der Waals surface area contributed by atoms with Crippen molar-refractivity contribution in [3.63, 3.8) is 0 Å². The van der Waals surface area contributed by atoms with Gasteiger partial charge in [0.25, 0.3) is 6.29 Å². The van der Waals surface area contributed by atoms with E-state index in [1.165, 1.54) is 0 Å². The monoisotopic (exact) mass is 294 g/mol. The van der Waals surface area contributed by atoms with Crippen LogP contribution in [0.5, 0.6) is 5.75 Å². The van der Waals surface area contributed by atoms with Crippen LogP contribution in [0.1, 0.15) is 33.3 Å². The molecule has 1 aromatic rings. The number of hydrogen-bond donors (Lipinski definition) is 0. The van der Waals surface area contributed by atoms with Gasteiger partial charge in [-0.3, -0.25) is 4.79 Å². The highest BCUT2D eigenvalue weighted by Gasteiger charge is 2.25. The predicted molar refractivity (Wildman–Crippen MR) is 77.8 cm³/mol. The number of aryl methyl sites for hydroxylation is 1. The number of esters is 1. The fourth-order valence-corrected chi connectivity index (χ4v) is 1.37. The molecule has 0 amide bonds. The molecule has 0 saturated heterocycles. The van der Waals surface area contributed by atoms with Gasteiger partial charge in [0.05, 0.1) is 5.92 Å². The zero-order chi connectivity index (χ0) is 16.0. The number of rotatable bonds is 5. The summed E-state index contributed by atoms with van der Waals surface area (Å²) in [5.41, 5.74) is 1.06. The number of carbonyl (C=O) groups is 2. The summed E-state index contributed by atoms with van der Waals surface area (Å²) < 4.78 is 15.2. The first kappa shape index (κ1) is 17.0. The summed E-state index contributed by atoms with van der Waals surface area (Å²) in [6.45, 7) is 8.94. The lowest BCUT2D eigenvalue weighted by Gasteiger charge is -2.21. The van der Waals surface area contributed by atoms with E-state index in [0.717, 1.165) is 5.56 Å².